The van der Waals surface area contributed by atoms with E-state index in [-0.39, 0.29) is 0 Å². The first kappa shape index (κ1) is 16.6. The Hall–Kier alpha value is -0.410. The molecule has 0 amide bonds. The highest BCUT2D eigenvalue weighted by atomic mass is 16.1. The molecule has 1 aliphatic rings. The highest BCUT2D eigenvalue weighted by Crippen LogP contribution is 2.32. The van der Waals surface area contributed by atoms with Crippen LogP contribution in [0.4, 0.5) is 0 Å². The van der Waals surface area contributed by atoms with Gasteiger partial charge in [0.25, 0.3) is 0 Å². The van der Waals surface area contributed by atoms with Crippen molar-refractivity contribution in [3.8, 4) is 0 Å². The molecule has 1 fully saturated rings. The minimum Gasteiger partial charge on any atom is -0.329 e. The molecule has 3 heteroatoms. The summed E-state index contributed by atoms with van der Waals surface area (Å²) in [6, 6.07) is 0. The van der Waals surface area contributed by atoms with Gasteiger partial charge in [-0.3, -0.25) is 4.79 Å². The van der Waals surface area contributed by atoms with Crippen molar-refractivity contribution in [3.63, 3.8) is 0 Å². The maximum atomic E-state index is 10.9. The molecule has 0 bridgehead atoms. The van der Waals surface area contributed by atoms with Crippen LogP contribution in [-0.4, -0.2) is 36.9 Å². The average Bonchev–Trinajstić information content (AvgIpc) is 2.25. The quantitative estimate of drug-likeness (QED) is 0.823. The third-order valence-corrected chi connectivity index (χ3v) is 3.32. The van der Waals surface area contributed by atoms with Crippen LogP contribution in [0.15, 0.2) is 0 Å². The van der Waals surface area contributed by atoms with E-state index in [2.05, 4.69) is 32.6 Å². The van der Waals surface area contributed by atoms with E-state index in [0.717, 1.165) is 45.4 Å². The molecule has 0 aromatic carbocycles. The van der Waals surface area contributed by atoms with E-state index in [9.17, 15) is 4.79 Å². The van der Waals surface area contributed by atoms with E-state index in [1.165, 1.54) is 6.42 Å². The molecule has 1 saturated carbocycles. The van der Waals surface area contributed by atoms with Gasteiger partial charge in [0.05, 0.1) is 0 Å². The average molecular weight is 242 g/mol. The fraction of sp³-hybridized carbons (Fsp3) is 0.929. The Morgan fingerprint density at radius 2 is 1.88 bits per heavy atom. The summed E-state index contributed by atoms with van der Waals surface area (Å²) in [6.07, 6.45) is 3.95. The fourth-order valence-electron chi connectivity index (χ4n) is 2.20. The van der Waals surface area contributed by atoms with Crippen LogP contribution in [-0.2, 0) is 4.79 Å². The van der Waals surface area contributed by atoms with Crippen LogP contribution < -0.4 is 5.73 Å². The normalized spacial score (nSPS) is 18.8. The van der Waals surface area contributed by atoms with Gasteiger partial charge in [-0.15, -0.1) is 0 Å². The summed E-state index contributed by atoms with van der Waals surface area (Å²) in [4.78, 5) is 13.2. The standard InChI is InChI=1S/C8H14O.C6H16N2/c1-8(2)5-3-4-7(9)6-8;1-3-8(4-2)6-5-7/h3-6H2,1-2H3;3-7H2,1-2H3. The Bertz CT molecular complexity index is 210. The second-order valence-electron chi connectivity index (χ2n) is 5.55. The lowest BCUT2D eigenvalue weighted by atomic mass is 9.77. The van der Waals surface area contributed by atoms with Crippen molar-refractivity contribution in [2.24, 2.45) is 11.1 Å². The van der Waals surface area contributed by atoms with Gasteiger partial charge in [0.1, 0.15) is 5.78 Å². The first-order chi connectivity index (χ1) is 7.95. The molecule has 0 atom stereocenters. The maximum absolute atomic E-state index is 10.9. The largest absolute Gasteiger partial charge is 0.329 e. The van der Waals surface area contributed by atoms with E-state index in [0.29, 0.717) is 11.2 Å². The van der Waals surface area contributed by atoms with Gasteiger partial charge in [0.2, 0.25) is 0 Å². The minimum atomic E-state index is 0.301. The SMILES string of the molecule is CC1(C)CCCC(=O)C1.CCN(CC)CCN. The number of likely N-dealkylation sites (N-methyl/N-ethyl adjacent to an activating group) is 1. The van der Waals surface area contributed by atoms with Crippen LogP contribution in [0.3, 0.4) is 0 Å². The highest BCUT2D eigenvalue weighted by Gasteiger charge is 2.25. The Balaban J connectivity index is 0.000000304. The minimum absolute atomic E-state index is 0.301. The van der Waals surface area contributed by atoms with Crippen molar-refractivity contribution < 1.29 is 4.79 Å². The summed E-state index contributed by atoms with van der Waals surface area (Å²) in [6.45, 7) is 12.7. The number of ketones is 1. The summed E-state index contributed by atoms with van der Waals surface area (Å²) in [5, 5.41) is 0. The van der Waals surface area contributed by atoms with Crippen LogP contribution in [0, 0.1) is 5.41 Å². The number of carbonyl (C=O) groups excluding carboxylic acids is 1. The van der Waals surface area contributed by atoms with Crippen molar-refractivity contribution in [2.45, 2.75) is 53.4 Å². The van der Waals surface area contributed by atoms with Gasteiger partial charge >= 0.3 is 0 Å². The van der Waals surface area contributed by atoms with Gasteiger partial charge in [0, 0.05) is 25.9 Å². The van der Waals surface area contributed by atoms with Gasteiger partial charge < -0.3 is 10.6 Å². The fourth-order valence-corrected chi connectivity index (χ4v) is 2.20. The maximum Gasteiger partial charge on any atom is 0.133 e. The topological polar surface area (TPSA) is 46.3 Å². The molecular weight excluding hydrogens is 212 g/mol. The number of hydrogen-bond donors (Lipinski definition) is 1. The molecule has 2 N–H and O–H groups in total. The lowest BCUT2D eigenvalue weighted by molar-refractivity contribution is -0.122. The molecule has 0 aromatic rings. The van der Waals surface area contributed by atoms with Crippen molar-refractivity contribution >= 4 is 5.78 Å². The second-order valence-corrected chi connectivity index (χ2v) is 5.55. The molecular formula is C14H30N2O. The predicted octanol–water partition coefficient (Wildman–Crippen LogP) is 2.44. The number of hydrogen-bond acceptors (Lipinski definition) is 3. The van der Waals surface area contributed by atoms with Crippen LogP contribution in [0.2, 0.25) is 0 Å². The van der Waals surface area contributed by atoms with E-state index >= 15 is 0 Å². The third-order valence-electron chi connectivity index (χ3n) is 3.32. The predicted molar refractivity (Wildman–Crippen MR) is 74.1 cm³/mol. The molecule has 17 heavy (non-hydrogen) atoms. The molecule has 0 aliphatic heterocycles. The van der Waals surface area contributed by atoms with Crippen molar-refractivity contribution in [1.29, 1.82) is 0 Å². The number of nitrogens with zero attached hydrogens (tertiary/aromatic N) is 1. The lowest BCUT2D eigenvalue weighted by Gasteiger charge is -2.27. The molecule has 0 radical (unpaired) electrons. The zero-order chi connectivity index (χ0) is 13.3. The summed E-state index contributed by atoms with van der Waals surface area (Å²) in [5.74, 6) is 0.450. The molecule has 0 heterocycles. The number of nitrogens with two attached hydrogens (primary N) is 1. The summed E-state index contributed by atoms with van der Waals surface area (Å²) in [7, 11) is 0. The van der Waals surface area contributed by atoms with Crippen molar-refractivity contribution in [3.05, 3.63) is 0 Å². The molecule has 3 nitrogen and oxygen atoms in total. The Morgan fingerprint density at radius 1 is 1.29 bits per heavy atom. The molecule has 0 spiro atoms. The van der Waals surface area contributed by atoms with Gasteiger partial charge in [-0.05, 0) is 31.3 Å². The third kappa shape index (κ3) is 8.33. The molecule has 0 saturated heterocycles. The monoisotopic (exact) mass is 242 g/mol. The van der Waals surface area contributed by atoms with E-state index in [4.69, 9.17) is 5.73 Å². The van der Waals surface area contributed by atoms with Gasteiger partial charge in [0.15, 0.2) is 0 Å². The second kappa shape index (κ2) is 8.65. The summed E-state index contributed by atoms with van der Waals surface area (Å²) < 4.78 is 0. The Kier molecular flexibility index (Phi) is 8.44. The molecule has 1 rings (SSSR count). The van der Waals surface area contributed by atoms with Crippen molar-refractivity contribution in [2.75, 3.05) is 26.2 Å². The van der Waals surface area contributed by atoms with Crippen LogP contribution in [0.25, 0.3) is 0 Å². The van der Waals surface area contributed by atoms with Gasteiger partial charge in [-0.2, -0.15) is 0 Å². The Morgan fingerprint density at radius 3 is 2.12 bits per heavy atom. The van der Waals surface area contributed by atoms with Gasteiger partial charge in [-0.1, -0.05) is 27.7 Å². The van der Waals surface area contributed by atoms with Crippen molar-refractivity contribution in [1.82, 2.24) is 4.90 Å². The van der Waals surface area contributed by atoms with E-state index < -0.39 is 0 Å². The zero-order valence-corrected chi connectivity index (χ0v) is 12.1. The lowest BCUT2D eigenvalue weighted by Crippen LogP contribution is -2.28. The number of Topliss-reactive ketones (excluding diaryl/α,β-unsaturated/α-hetero) is 1. The van der Waals surface area contributed by atoms with E-state index in [1.807, 2.05) is 0 Å². The van der Waals surface area contributed by atoms with Crippen LogP contribution in [0.5, 0.6) is 0 Å². The van der Waals surface area contributed by atoms with Gasteiger partial charge in [-0.25, -0.2) is 0 Å². The first-order valence-corrected chi connectivity index (χ1v) is 6.89. The first-order valence-electron chi connectivity index (χ1n) is 6.89. The zero-order valence-electron chi connectivity index (χ0n) is 12.1. The summed E-state index contributed by atoms with van der Waals surface area (Å²) >= 11 is 0. The Labute approximate surface area is 107 Å². The van der Waals surface area contributed by atoms with Crippen LogP contribution in [0.1, 0.15) is 53.4 Å². The molecule has 0 unspecified atom stereocenters. The number of carbonyl (C=O) groups is 1. The highest BCUT2D eigenvalue weighted by molar-refractivity contribution is 5.79. The molecule has 1 aliphatic carbocycles. The van der Waals surface area contributed by atoms with Crippen LogP contribution >= 0.6 is 0 Å². The molecule has 0 aromatic heterocycles. The van der Waals surface area contributed by atoms with E-state index in [1.54, 1.807) is 0 Å². The summed E-state index contributed by atoms with van der Waals surface area (Å²) in [5.41, 5.74) is 5.64. The smallest absolute Gasteiger partial charge is 0.133 e. The molecule has 102 valence electrons. The number of rotatable bonds is 4.